The average molecular weight is 248 g/mol. The average Bonchev–Trinajstić information content (AvgIpc) is 2.37. The molecule has 1 amide bonds. The number of benzene rings is 1. The molecule has 0 saturated carbocycles. The number of aliphatic carboxylic acids is 1. The number of nitriles is 1. The molecule has 1 aromatic rings. The maximum absolute atomic E-state index is 11.3. The summed E-state index contributed by atoms with van der Waals surface area (Å²) >= 11 is 0. The monoisotopic (exact) mass is 248 g/mol. The van der Waals surface area contributed by atoms with Crippen molar-refractivity contribution in [1.29, 1.82) is 5.26 Å². The predicted octanol–water partition coefficient (Wildman–Crippen LogP) is 1.28. The van der Waals surface area contributed by atoms with Crippen molar-refractivity contribution in [3.63, 3.8) is 0 Å². The van der Waals surface area contributed by atoms with Crippen LogP contribution in [0.3, 0.4) is 0 Å². The molecular formula is C12H12N2O4. The third-order valence-corrected chi connectivity index (χ3v) is 2.10. The Kier molecular flexibility index (Phi) is 5.19. The fraction of sp³-hybridized carbons (Fsp3) is 0.250. The Morgan fingerprint density at radius 3 is 2.61 bits per heavy atom. The largest absolute Gasteiger partial charge is 0.480 e. The number of rotatable bonds is 5. The minimum atomic E-state index is -1.27. The highest BCUT2D eigenvalue weighted by molar-refractivity contribution is 5.80. The van der Waals surface area contributed by atoms with Crippen LogP contribution in [0.4, 0.5) is 4.79 Å². The summed E-state index contributed by atoms with van der Waals surface area (Å²) in [5.41, 5.74) is 0.791. The Hall–Kier alpha value is -2.55. The van der Waals surface area contributed by atoms with Gasteiger partial charge in [0.2, 0.25) is 0 Å². The first kappa shape index (κ1) is 13.5. The number of nitrogens with one attached hydrogen (secondary N) is 1. The second-order valence-corrected chi connectivity index (χ2v) is 3.46. The number of hydrogen-bond donors (Lipinski definition) is 2. The molecule has 2 N–H and O–H groups in total. The minimum Gasteiger partial charge on any atom is -0.480 e. The van der Waals surface area contributed by atoms with Gasteiger partial charge in [0.15, 0.2) is 0 Å². The Labute approximate surface area is 104 Å². The van der Waals surface area contributed by atoms with Crippen LogP contribution in [-0.2, 0) is 16.1 Å². The van der Waals surface area contributed by atoms with Gasteiger partial charge < -0.3 is 15.2 Å². The quantitative estimate of drug-likeness (QED) is 0.817. The molecule has 0 aliphatic carbocycles. The maximum atomic E-state index is 11.3. The zero-order chi connectivity index (χ0) is 13.4. The molecule has 0 aliphatic heterocycles. The van der Waals surface area contributed by atoms with E-state index in [9.17, 15) is 9.59 Å². The molecular weight excluding hydrogens is 236 g/mol. The van der Waals surface area contributed by atoms with E-state index in [1.807, 2.05) is 6.07 Å². The zero-order valence-electron chi connectivity index (χ0n) is 9.50. The molecule has 0 radical (unpaired) electrons. The van der Waals surface area contributed by atoms with E-state index >= 15 is 0 Å². The number of ether oxygens (including phenoxy) is 1. The molecule has 6 nitrogen and oxygen atoms in total. The van der Waals surface area contributed by atoms with Crippen molar-refractivity contribution in [2.75, 3.05) is 0 Å². The number of carboxylic acid groups (broad SMARTS) is 1. The van der Waals surface area contributed by atoms with Gasteiger partial charge in [0.25, 0.3) is 0 Å². The highest BCUT2D eigenvalue weighted by atomic mass is 16.5. The first-order valence-corrected chi connectivity index (χ1v) is 5.20. The van der Waals surface area contributed by atoms with Crippen LogP contribution in [0.15, 0.2) is 30.3 Å². The number of carbonyl (C=O) groups excluding carboxylic acids is 1. The van der Waals surface area contributed by atoms with Crippen LogP contribution in [-0.4, -0.2) is 23.2 Å². The van der Waals surface area contributed by atoms with E-state index in [1.54, 1.807) is 30.3 Å². The first-order chi connectivity index (χ1) is 8.63. The smallest absolute Gasteiger partial charge is 0.408 e. The predicted molar refractivity (Wildman–Crippen MR) is 61.4 cm³/mol. The van der Waals surface area contributed by atoms with Crippen molar-refractivity contribution < 1.29 is 19.4 Å². The zero-order valence-corrected chi connectivity index (χ0v) is 9.50. The van der Waals surface area contributed by atoms with E-state index in [1.165, 1.54) is 0 Å². The summed E-state index contributed by atoms with van der Waals surface area (Å²) < 4.78 is 4.83. The van der Waals surface area contributed by atoms with Crippen LogP contribution >= 0.6 is 0 Å². The fourth-order valence-electron chi connectivity index (χ4n) is 1.20. The lowest BCUT2D eigenvalue weighted by Crippen LogP contribution is -2.40. The van der Waals surface area contributed by atoms with E-state index in [2.05, 4.69) is 5.32 Å². The Morgan fingerprint density at radius 1 is 1.39 bits per heavy atom. The molecule has 0 aromatic heterocycles. The van der Waals surface area contributed by atoms with Gasteiger partial charge in [0.05, 0.1) is 12.5 Å². The van der Waals surface area contributed by atoms with Gasteiger partial charge in [-0.25, -0.2) is 9.59 Å². The molecule has 0 bridgehead atoms. The maximum Gasteiger partial charge on any atom is 0.408 e. The van der Waals surface area contributed by atoms with E-state index < -0.39 is 18.1 Å². The standard InChI is InChI=1S/C12H12N2O4/c13-7-6-10(11(15)16)14-12(17)18-8-9-4-2-1-3-5-9/h1-5,10H,6,8H2,(H,14,17)(H,15,16)/t10-/m0/s1. The van der Waals surface area contributed by atoms with Crippen LogP contribution in [0, 0.1) is 11.3 Å². The molecule has 0 fully saturated rings. The molecule has 94 valence electrons. The van der Waals surface area contributed by atoms with Gasteiger partial charge in [-0.3, -0.25) is 0 Å². The van der Waals surface area contributed by atoms with Crippen LogP contribution in [0.25, 0.3) is 0 Å². The van der Waals surface area contributed by atoms with Gasteiger partial charge in [-0.05, 0) is 5.56 Å². The molecule has 1 atom stereocenters. The summed E-state index contributed by atoms with van der Waals surface area (Å²) in [4.78, 5) is 22.0. The second kappa shape index (κ2) is 6.91. The van der Waals surface area contributed by atoms with Gasteiger partial charge in [-0.15, -0.1) is 0 Å². The van der Waals surface area contributed by atoms with Gasteiger partial charge in [-0.2, -0.15) is 5.26 Å². The van der Waals surface area contributed by atoms with Crippen molar-refractivity contribution in [3.8, 4) is 6.07 Å². The van der Waals surface area contributed by atoms with Crippen molar-refractivity contribution in [2.45, 2.75) is 19.1 Å². The summed E-state index contributed by atoms with van der Waals surface area (Å²) in [5.74, 6) is -1.27. The third-order valence-electron chi connectivity index (χ3n) is 2.10. The van der Waals surface area contributed by atoms with Gasteiger partial charge in [0.1, 0.15) is 12.6 Å². The van der Waals surface area contributed by atoms with Crippen molar-refractivity contribution in [3.05, 3.63) is 35.9 Å². The highest BCUT2D eigenvalue weighted by Crippen LogP contribution is 2.01. The molecule has 0 unspecified atom stereocenters. The van der Waals surface area contributed by atoms with Crippen LogP contribution < -0.4 is 5.32 Å². The molecule has 0 spiro atoms. The highest BCUT2D eigenvalue weighted by Gasteiger charge is 2.20. The molecule has 6 heteroatoms. The Balaban J connectivity index is 2.42. The lowest BCUT2D eigenvalue weighted by Gasteiger charge is -2.11. The number of carbonyl (C=O) groups is 2. The molecule has 1 rings (SSSR count). The van der Waals surface area contributed by atoms with E-state index in [-0.39, 0.29) is 13.0 Å². The first-order valence-electron chi connectivity index (χ1n) is 5.20. The molecule has 0 heterocycles. The summed E-state index contributed by atoms with van der Waals surface area (Å²) in [6.07, 6.45) is -1.17. The van der Waals surface area contributed by atoms with Gasteiger partial charge >= 0.3 is 12.1 Å². The number of nitrogens with zero attached hydrogens (tertiary/aromatic N) is 1. The van der Waals surface area contributed by atoms with Crippen LogP contribution in [0.2, 0.25) is 0 Å². The van der Waals surface area contributed by atoms with E-state index in [0.29, 0.717) is 0 Å². The summed E-state index contributed by atoms with van der Waals surface area (Å²) in [6.45, 7) is 0.0472. The molecule has 0 saturated heterocycles. The number of alkyl carbamates (subject to hydrolysis) is 1. The lowest BCUT2D eigenvalue weighted by atomic mass is 10.2. The third kappa shape index (κ3) is 4.53. The molecule has 18 heavy (non-hydrogen) atoms. The topological polar surface area (TPSA) is 99.4 Å². The number of amides is 1. The number of hydrogen-bond acceptors (Lipinski definition) is 4. The Bertz CT molecular complexity index is 453. The van der Waals surface area contributed by atoms with Crippen LogP contribution in [0.1, 0.15) is 12.0 Å². The molecule has 1 aromatic carbocycles. The summed E-state index contributed by atoms with van der Waals surface area (Å²) in [6, 6.07) is 9.40. The fourth-order valence-corrected chi connectivity index (χ4v) is 1.20. The summed E-state index contributed by atoms with van der Waals surface area (Å²) in [7, 11) is 0. The SMILES string of the molecule is N#CC[C@H](NC(=O)OCc1ccccc1)C(=O)O. The lowest BCUT2D eigenvalue weighted by molar-refractivity contribution is -0.139. The van der Waals surface area contributed by atoms with Crippen molar-refractivity contribution in [2.24, 2.45) is 0 Å². The summed E-state index contributed by atoms with van der Waals surface area (Å²) in [5, 5.41) is 19.2. The minimum absolute atomic E-state index is 0.0472. The molecule has 0 aliphatic rings. The van der Waals surface area contributed by atoms with Crippen LogP contribution in [0.5, 0.6) is 0 Å². The van der Waals surface area contributed by atoms with E-state index in [4.69, 9.17) is 15.1 Å². The van der Waals surface area contributed by atoms with Crippen molar-refractivity contribution in [1.82, 2.24) is 5.32 Å². The van der Waals surface area contributed by atoms with E-state index in [0.717, 1.165) is 5.56 Å². The Morgan fingerprint density at radius 2 is 2.06 bits per heavy atom. The number of carboxylic acids is 1. The van der Waals surface area contributed by atoms with Gasteiger partial charge in [-0.1, -0.05) is 30.3 Å². The normalized spacial score (nSPS) is 11.1. The second-order valence-electron chi connectivity index (χ2n) is 3.46. The van der Waals surface area contributed by atoms with Crippen molar-refractivity contribution >= 4 is 12.1 Å². The van der Waals surface area contributed by atoms with Gasteiger partial charge in [0, 0.05) is 0 Å².